The number of carbonyl (C=O) groups is 1. The van der Waals surface area contributed by atoms with Gasteiger partial charge in [0.15, 0.2) is 0 Å². The molecule has 0 aliphatic rings. The van der Waals surface area contributed by atoms with Crippen molar-refractivity contribution in [2.75, 3.05) is 18.2 Å². The normalized spacial score (nSPS) is 10.2. The van der Waals surface area contributed by atoms with Gasteiger partial charge in [-0.15, -0.1) is 0 Å². The van der Waals surface area contributed by atoms with Crippen molar-refractivity contribution in [3.8, 4) is 5.75 Å². The molecule has 20 heavy (non-hydrogen) atoms. The Labute approximate surface area is 129 Å². The fraction of sp³-hybridized carbons (Fsp3) is 0.0769. The number of halogens is 2. The molecule has 0 spiro atoms. The molecular weight excluding hydrogens is 346 g/mol. The fourth-order valence-corrected chi connectivity index (χ4v) is 2.28. The average molecular weight is 357 g/mol. The van der Waals surface area contributed by atoms with Crippen LogP contribution in [0.4, 0.5) is 11.4 Å². The number of hydrogen-bond donors (Lipinski definition) is 2. The lowest BCUT2D eigenvalue weighted by Crippen LogP contribution is -2.14. The van der Waals surface area contributed by atoms with Crippen molar-refractivity contribution >= 4 is 44.8 Å². The van der Waals surface area contributed by atoms with Crippen LogP contribution in [0.3, 0.4) is 0 Å². The lowest BCUT2D eigenvalue weighted by molar-refractivity contribution is 0.102. The molecule has 2 aromatic rings. The highest BCUT2D eigenvalue weighted by Crippen LogP contribution is 2.28. The van der Waals surface area contributed by atoms with E-state index in [2.05, 4.69) is 26.2 Å². The number of pyridine rings is 1. The number of nitrogens with two attached hydrogens (primary N) is 1. The van der Waals surface area contributed by atoms with Gasteiger partial charge in [-0.05, 0) is 40.2 Å². The topological polar surface area (TPSA) is 77.2 Å². The first-order valence-electron chi connectivity index (χ1n) is 5.57. The molecule has 0 saturated heterocycles. The van der Waals surface area contributed by atoms with Crippen LogP contribution in [0.2, 0.25) is 5.15 Å². The summed E-state index contributed by atoms with van der Waals surface area (Å²) in [5.74, 6) is 0.318. The second-order valence-electron chi connectivity index (χ2n) is 3.90. The number of anilines is 2. The van der Waals surface area contributed by atoms with Gasteiger partial charge in [-0.3, -0.25) is 4.79 Å². The number of nitrogens with one attached hydrogen (secondary N) is 1. The van der Waals surface area contributed by atoms with Crippen molar-refractivity contribution < 1.29 is 9.53 Å². The van der Waals surface area contributed by atoms with Gasteiger partial charge in [-0.2, -0.15) is 0 Å². The number of benzene rings is 1. The maximum Gasteiger partial charge on any atom is 0.257 e. The van der Waals surface area contributed by atoms with Gasteiger partial charge in [-0.1, -0.05) is 11.6 Å². The minimum atomic E-state index is -0.358. The van der Waals surface area contributed by atoms with Crippen LogP contribution in [0.5, 0.6) is 5.75 Å². The van der Waals surface area contributed by atoms with Crippen LogP contribution in [0.15, 0.2) is 34.9 Å². The SMILES string of the molecule is COc1ccc(NC(=O)c2cc(Cl)ncc2N)cc1Br. The Morgan fingerprint density at radius 2 is 2.20 bits per heavy atom. The Bertz CT molecular complexity index is 664. The van der Waals surface area contributed by atoms with Crippen molar-refractivity contribution in [1.29, 1.82) is 0 Å². The third-order valence-corrected chi connectivity index (χ3v) is 3.38. The Kier molecular flexibility index (Phi) is 4.46. The third-order valence-electron chi connectivity index (χ3n) is 2.56. The van der Waals surface area contributed by atoms with E-state index in [1.165, 1.54) is 12.3 Å². The zero-order valence-electron chi connectivity index (χ0n) is 10.5. The number of ether oxygens (including phenoxy) is 1. The summed E-state index contributed by atoms with van der Waals surface area (Å²) in [5.41, 5.74) is 6.85. The first-order chi connectivity index (χ1) is 9.51. The molecule has 1 heterocycles. The van der Waals surface area contributed by atoms with E-state index in [0.717, 1.165) is 4.47 Å². The molecule has 0 fully saturated rings. The van der Waals surface area contributed by atoms with Crippen LogP contribution in [0, 0.1) is 0 Å². The monoisotopic (exact) mass is 355 g/mol. The number of nitrogens with zero attached hydrogens (tertiary/aromatic N) is 1. The zero-order chi connectivity index (χ0) is 14.7. The van der Waals surface area contributed by atoms with Gasteiger partial charge < -0.3 is 15.8 Å². The van der Waals surface area contributed by atoms with E-state index >= 15 is 0 Å². The lowest BCUT2D eigenvalue weighted by atomic mass is 10.2. The first-order valence-corrected chi connectivity index (χ1v) is 6.74. The van der Waals surface area contributed by atoms with Crippen molar-refractivity contribution in [3.05, 3.63) is 45.7 Å². The Morgan fingerprint density at radius 1 is 1.45 bits per heavy atom. The van der Waals surface area contributed by atoms with E-state index in [1.54, 1.807) is 25.3 Å². The van der Waals surface area contributed by atoms with Gasteiger partial charge in [0.1, 0.15) is 10.9 Å². The van der Waals surface area contributed by atoms with E-state index in [9.17, 15) is 4.79 Å². The summed E-state index contributed by atoms with van der Waals surface area (Å²) < 4.78 is 5.85. The van der Waals surface area contributed by atoms with Crippen LogP contribution in [0.1, 0.15) is 10.4 Å². The molecule has 0 bridgehead atoms. The summed E-state index contributed by atoms with van der Waals surface area (Å²) >= 11 is 9.11. The standard InChI is InChI=1S/C13H11BrClN3O2/c1-20-11-3-2-7(4-9(11)14)18-13(19)8-5-12(15)17-6-10(8)16/h2-6H,16H2,1H3,(H,18,19). The highest BCUT2D eigenvalue weighted by Gasteiger charge is 2.12. The predicted molar refractivity (Wildman–Crippen MR) is 82.3 cm³/mol. The number of hydrogen-bond acceptors (Lipinski definition) is 4. The van der Waals surface area contributed by atoms with Crippen LogP contribution in [0.25, 0.3) is 0 Å². The molecule has 7 heteroatoms. The molecule has 0 radical (unpaired) electrons. The zero-order valence-corrected chi connectivity index (χ0v) is 12.8. The molecule has 1 aromatic carbocycles. The van der Waals surface area contributed by atoms with E-state index in [4.69, 9.17) is 22.1 Å². The summed E-state index contributed by atoms with van der Waals surface area (Å²) in [6, 6.07) is 6.61. The molecule has 0 saturated carbocycles. The van der Waals surface area contributed by atoms with Crippen LogP contribution in [-0.2, 0) is 0 Å². The second-order valence-corrected chi connectivity index (χ2v) is 5.14. The van der Waals surface area contributed by atoms with Crippen molar-refractivity contribution in [2.45, 2.75) is 0 Å². The quantitative estimate of drug-likeness (QED) is 0.827. The summed E-state index contributed by atoms with van der Waals surface area (Å²) in [5, 5.41) is 2.94. The maximum absolute atomic E-state index is 12.1. The van der Waals surface area contributed by atoms with Crippen molar-refractivity contribution in [2.24, 2.45) is 0 Å². The summed E-state index contributed by atoms with van der Waals surface area (Å²) in [7, 11) is 1.57. The second kappa shape index (κ2) is 6.11. The predicted octanol–water partition coefficient (Wildman–Crippen LogP) is 3.34. The summed E-state index contributed by atoms with van der Waals surface area (Å²) in [4.78, 5) is 15.9. The van der Waals surface area contributed by atoms with Crippen LogP contribution in [-0.4, -0.2) is 18.0 Å². The van der Waals surface area contributed by atoms with Gasteiger partial charge in [0, 0.05) is 5.69 Å². The lowest BCUT2D eigenvalue weighted by Gasteiger charge is -2.09. The molecular formula is C13H11BrClN3O2. The van der Waals surface area contributed by atoms with Gasteiger partial charge >= 0.3 is 0 Å². The van der Waals surface area contributed by atoms with Crippen molar-refractivity contribution in [3.63, 3.8) is 0 Å². The Balaban J connectivity index is 2.23. The fourth-order valence-electron chi connectivity index (χ4n) is 1.58. The van der Waals surface area contributed by atoms with Crippen LogP contribution >= 0.6 is 27.5 Å². The molecule has 104 valence electrons. The van der Waals surface area contributed by atoms with E-state index in [1.807, 2.05) is 0 Å². The van der Waals surface area contributed by atoms with E-state index < -0.39 is 0 Å². The number of nitrogen functional groups attached to an aromatic ring is 1. The highest BCUT2D eigenvalue weighted by molar-refractivity contribution is 9.10. The summed E-state index contributed by atoms with van der Waals surface area (Å²) in [6.07, 6.45) is 1.35. The Hall–Kier alpha value is -1.79. The largest absolute Gasteiger partial charge is 0.496 e. The minimum Gasteiger partial charge on any atom is -0.496 e. The van der Waals surface area contributed by atoms with E-state index in [-0.39, 0.29) is 22.3 Å². The number of amides is 1. The van der Waals surface area contributed by atoms with Gasteiger partial charge in [0.25, 0.3) is 5.91 Å². The average Bonchev–Trinajstić information content (AvgIpc) is 2.41. The van der Waals surface area contributed by atoms with E-state index in [0.29, 0.717) is 11.4 Å². The molecule has 5 nitrogen and oxygen atoms in total. The number of rotatable bonds is 3. The Morgan fingerprint density at radius 3 is 2.85 bits per heavy atom. The molecule has 2 rings (SSSR count). The van der Waals surface area contributed by atoms with Gasteiger partial charge in [0.05, 0.1) is 29.0 Å². The van der Waals surface area contributed by atoms with Crippen molar-refractivity contribution in [1.82, 2.24) is 4.98 Å². The number of methoxy groups -OCH3 is 1. The smallest absolute Gasteiger partial charge is 0.257 e. The first kappa shape index (κ1) is 14.6. The third kappa shape index (κ3) is 3.20. The van der Waals surface area contributed by atoms with Crippen LogP contribution < -0.4 is 15.8 Å². The molecule has 0 aliphatic carbocycles. The molecule has 3 N–H and O–H groups in total. The van der Waals surface area contributed by atoms with Gasteiger partial charge in [0.2, 0.25) is 0 Å². The molecule has 1 aromatic heterocycles. The molecule has 0 unspecified atom stereocenters. The number of carbonyl (C=O) groups excluding carboxylic acids is 1. The maximum atomic E-state index is 12.1. The number of aromatic nitrogens is 1. The minimum absolute atomic E-state index is 0.209. The highest BCUT2D eigenvalue weighted by atomic mass is 79.9. The van der Waals surface area contributed by atoms with Gasteiger partial charge in [-0.25, -0.2) is 4.98 Å². The summed E-state index contributed by atoms with van der Waals surface area (Å²) in [6.45, 7) is 0. The molecule has 0 atom stereocenters. The molecule has 1 amide bonds. The molecule has 0 aliphatic heterocycles.